The molecule has 2 rings (SSSR count). The van der Waals surface area contributed by atoms with Gasteiger partial charge in [-0.1, -0.05) is 0 Å². The van der Waals surface area contributed by atoms with Crippen LogP contribution in [0.15, 0.2) is 17.7 Å². The van der Waals surface area contributed by atoms with Crippen LogP contribution in [0.1, 0.15) is 5.56 Å². The number of nitrogens with zero attached hydrogens (tertiary/aromatic N) is 2. The molecule has 1 aliphatic heterocycles. The van der Waals surface area contributed by atoms with Crippen molar-refractivity contribution in [3.05, 3.63) is 23.3 Å². The number of benzene rings is 1. The predicted octanol–water partition coefficient (Wildman–Crippen LogP) is 1.18. The zero-order valence-electron chi connectivity index (χ0n) is 13.0. The maximum Gasteiger partial charge on any atom is 0.264 e. The smallest absolute Gasteiger partial charge is 0.264 e. The predicted molar refractivity (Wildman–Crippen MR) is 82.2 cm³/mol. The van der Waals surface area contributed by atoms with Crippen molar-refractivity contribution in [2.45, 2.75) is 0 Å². The Bertz CT molecular complexity index is 632. The molecule has 1 aromatic carbocycles. The minimum absolute atomic E-state index is 0.00157. The van der Waals surface area contributed by atoms with Crippen LogP contribution < -0.4 is 9.47 Å². The summed E-state index contributed by atoms with van der Waals surface area (Å²) in [5, 5.41) is 19.2. The van der Waals surface area contributed by atoms with Crippen molar-refractivity contribution in [2.24, 2.45) is 0 Å². The van der Waals surface area contributed by atoms with E-state index in [0.29, 0.717) is 31.9 Å². The molecule has 7 nitrogen and oxygen atoms in total. The summed E-state index contributed by atoms with van der Waals surface area (Å²) >= 11 is 0. The summed E-state index contributed by atoms with van der Waals surface area (Å²) in [5.74, 6) is -0.0783. The third-order valence-electron chi connectivity index (χ3n) is 3.46. The van der Waals surface area contributed by atoms with Crippen molar-refractivity contribution < 1.29 is 24.1 Å². The summed E-state index contributed by atoms with van der Waals surface area (Å²) in [6, 6.07) is 4.98. The molecule has 7 heteroatoms. The number of hydrogen-bond acceptors (Lipinski definition) is 6. The first kappa shape index (κ1) is 16.6. The third kappa shape index (κ3) is 3.73. The van der Waals surface area contributed by atoms with E-state index < -0.39 is 0 Å². The molecule has 1 aliphatic rings. The highest BCUT2D eigenvalue weighted by Crippen LogP contribution is 2.37. The minimum Gasteiger partial charge on any atom is -0.502 e. The summed E-state index contributed by atoms with van der Waals surface area (Å²) in [6.07, 6.45) is 1.45. The number of carbonyl (C=O) groups is 1. The number of phenolic OH excluding ortho intramolecular Hbond substituents is 1. The second-order valence-corrected chi connectivity index (χ2v) is 4.85. The van der Waals surface area contributed by atoms with Gasteiger partial charge in [-0.2, -0.15) is 5.26 Å². The molecule has 1 aromatic rings. The fourth-order valence-electron chi connectivity index (χ4n) is 2.24. The number of hydrogen-bond donors (Lipinski definition) is 1. The number of rotatable bonds is 4. The van der Waals surface area contributed by atoms with Gasteiger partial charge in [-0.15, -0.1) is 0 Å². The standard InChI is InChI=1S/C16H18N2O5/c1-21-13-8-11(9-14(22-2)15(13)19)7-12(10-17)16(20)18-3-5-23-6-4-18/h7-9,19H,3-6H2,1-2H3/b12-7+. The van der Waals surface area contributed by atoms with E-state index in [1.807, 2.05) is 6.07 Å². The molecule has 0 radical (unpaired) electrons. The third-order valence-corrected chi connectivity index (χ3v) is 3.46. The van der Waals surface area contributed by atoms with E-state index in [2.05, 4.69) is 0 Å². The van der Waals surface area contributed by atoms with E-state index >= 15 is 0 Å². The molecule has 1 amide bonds. The lowest BCUT2D eigenvalue weighted by molar-refractivity contribution is -0.130. The van der Waals surface area contributed by atoms with Crippen molar-refractivity contribution >= 4 is 12.0 Å². The summed E-state index contributed by atoms with van der Waals surface area (Å²) in [5.41, 5.74) is 0.524. The zero-order chi connectivity index (χ0) is 16.8. The molecule has 0 aliphatic carbocycles. The van der Waals surface area contributed by atoms with Crippen LogP contribution in [0.3, 0.4) is 0 Å². The minimum atomic E-state index is -0.346. The van der Waals surface area contributed by atoms with Gasteiger partial charge in [0.05, 0.1) is 27.4 Å². The van der Waals surface area contributed by atoms with Gasteiger partial charge < -0.3 is 24.2 Å². The number of nitriles is 1. The van der Waals surface area contributed by atoms with Gasteiger partial charge in [0.25, 0.3) is 5.91 Å². The Hall–Kier alpha value is -2.72. The highest BCUT2D eigenvalue weighted by Gasteiger charge is 2.21. The summed E-state index contributed by atoms with van der Waals surface area (Å²) in [4.78, 5) is 14.0. The number of carbonyl (C=O) groups excluding carboxylic acids is 1. The van der Waals surface area contributed by atoms with E-state index in [-0.39, 0.29) is 28.7 Å². The highest BCUT2D eigenvalue weighted by atomic mass is 16.5. The van der Waals surface area contributed by atoms with Crippen molar-refractivity contribution in [1.29, 1.82) is 5.26 Å². The average Bonchev–Trinajstić information content (AvgIpc) is 2.60. The quantitative estimate of drug-likeness (QED) is 0.662. The van der Waals surface area contributed by atoms with Crippen molar-refractivity contribution in [2.75, 3.05) is 40.5 Å². The van der Waals surface area contributed by atoms with Gasteiger partial charge in [-0.25, -0.2) is 0 Å². The lowest BCUT2D eigenvalue weighted by Crippen LogP contribution is -2.41. The molecule has 0 bridgehead atoms. The lowest BCUT2D eigenvalue weighted by Gasteiger charge is -2.26. The highest BCUT2D eigenvalue weighted by molar-refractivity contribution is 6.01. The number of methoxy groups -OCH3 is 2. The Morgan fingerprint density at radius 2 is 1.87 bits per heavy atom. The monoisotopic (exact) mass is 318 g/mol. The number of aromatic hydroxyl groups is 1. The van der Waals surface area contributed by atoms with Crippen molar-refractivity contribution in [3.8, 4) is 23.3 Å². The molecule has 0 aromatic heterocycles. The molecule has 0 saturated carbocycles. The number of amides is 1. The van der Waals surface area contributed by atoms with E-state index in [9.17, 15) is 15.2 Å². The second-order valence-electron chi connectivity index (χ2n) is 4.85. The van der Waals surface area contributed by atoms with Crippen LogP contribution in [-0.4, -0.2) is 56.4 Å². The molecule has 0 atom stereocenters. The first-order valence-corrected chi connectivity index (χ1v) is 7.04. The number of phenols is 1. The second kappa shape index (κ2) is 7.51. The molecular weight excluding hydrogens is 300 g/mol. The molecule has 1 N–H and O–H groups in total. The molecule has 1 heterocycles. The van der Waals surface area contributed by atoms with Crippen molar-refractivity contribution in [1.82, 2.24) is 4.90 Å². The Labute approximate surface area is 134 Å². The first-order valence-electron chi connectivity index (χ1n) is 7.04. The molecule has 1 fully saturated rings. The SMILES string of the molecule is COc1cc(/C=C(\C#N)C(=O)N2CCOCC2)cc(OC)c1O. The van der Waals surface area contributed by atoms with Gasteiger partial charge >= 0.3 is 0 Å². The molecule has 1 saturated heterocycles. The van der Waals surface area contributed by atoms with E-state index in [1.54, 1.807) is 4.90 Å². The fourth-order valence-corrected chi connectivity index (χ4v) is 2.24. The van der Waals surface area contributed by atoms with Gasteiger partial charge in [0.1, 0.15) is 11.6 Å². The summed E-state index contributed by atoms with van der Waals surface area (Å²) < 4.78 is 15.3. The van der Waals surface area contributed by atoms with Gasteiger partial charge in [0.15, 0.2) is 11.5 Å². The summed E-state index contributed by atoms with van der Waals surface area (Å²) in [6.45, 7) is 1.84. The molecule has 0 spiro atoms. The van der Waals surface area contributed by atoms with Gasteiger partial charge in [-0.05, 0) is 23.8 Å². The largest absolute Gasteiger partial charge is 0.502 e. The van der Waals surface area contributed by atoms with Crippen LogP contribution in [0.25, 0.3) is 6.08 Å². The van der Waals surface area contributed by atoms with Crippen LogP contribution in [0.5, 0.6) is 17.2 Å². The Morgan fingerprint density at radius 3 is 2.35 bits per heavy atom. The van der Waals surface area contributed by atoms with Gasteiger partial charge in [0.2, 0.25) is 5.75 Å². The van der Waals surface area contributed by atoms with Gasteiger partial charge in [0, 0.05) is 13.1 Å². The van der Waals surface area contributed by atoms with Crippen LogP contribution in [0, 0.1) is 11.3 Å². The molecule has 122 valence electrons. The topological polar surface area (TPSA) is 92.0 Å². The first-order chi connectivity index (χ1) is 11.1. The zero-order valence-corrected chi connectivity index (χ0v) is 13.0. The summed E-state index contributed by atoms with van der Waals surface area (Å²) in [7, 11) is 2.82. The van der Waals surface area contributed by atoms with E-state index in [1.165, 1.54) is 32.4 Å². The van der Waals surface area contributed by atoms with E-state index in [4.69, 9.17) is 14.2 Å². The van der Waals surface area contributed by atoms with Gasteiger partial charge in [-0.3, -0.25) is 4.79 Å². The molecule has 0 unspecified atom stereocenters. The van der Waals surface area contributed by atoms with E-state index in [0.717, 1.165) is 0 Å². The van der Waals surface area contributed by atoms with Crippen molar-refractivity contribution in [3.63, 3.8) is 0 Å². The maximum absolute atomic E-state index is 12.4. The molecule has 23 heavy (non-hydrogen) atoms. The Morgan fingerprint density at radius 1 is 1.30 bits per heavy atom. The number of morpholine rings is 1. The van der Waals surface area contributed by atoms with Crippen LogP contribution in [-0.2, 0) is 9.53 Å². The number of ether oxygens (including phenoxy) is 3. The fraction of sp³-hybridized carbons (Fsp3) is 0.375. The lowest BCUT2D eigenvalue weighted by atomic mass is 10.1. The normalized spacial score (nSPS) is 15.0. The molecular formula is C16H18N2O5. The average molecular weight is 318 g/mol. The van der Waals surface area contributed by atoms with Crippen LogP contribution in [0.2, 0.25) is 0 Å². The van der Waals surface area contributed by atoms with Crippen LogP contribution >= 0.6 is 0 Å². The maximum atomic E-state index is 12.4. The Kier molecular flexibility index (Phi) is 5.44. The van der Waals surface area contributed by atoms with Crippen LogP contribution in [0.4, 0.5) is 0 Å². The Balaban J connectivity index is 2.34.